The third kappa shape index (κ3) is 3.47. The van der Waals surface area contributed by atoms with Crippen molar-refractivity contribution in [1.29, 1.82) is 0 Å². The van der Waals surface area contributed by atoms with Crippen molar-refractivity contribution >= 4 is 33.5 Å². The van der Waals surface area contributed by atoms with Crippen molar-refractivity contribution in [1.82, 2.24) is 0 Å². The molecule has 0 fully saturated rings. The number of halogens is 3. The zero-order valence-corrected chi connectivity index (χ0v) is 10.3. The number of benzene rings is 1. The van der Waals surface area contributed by atoms with Gasteiger partial charge >= 0.3 is 5.97 Å². The maximum atomic E-state index is 12.9. The third-order valence-corrected chi connectivity index (χ3v) is 2.93. The molecule has 2 nitrogen and oxygen atoms in total. The predicted molar refractivity (Wildman–Crippen MR) is 59.8 cm³/mol. The van der Waals surface area contributed by atoms with Crippen LogP contribution in [-0.2, 0) is 16.0 Å². The van der Waals surface area contributed by atoms with E-state index in [1.165, 1.54) is 25.3 Å². The molecule has 0 saturated carbocycles. The summed E-state index contributed by atoms with van der Waals surface area (Å²) in [7, 11) is 1.30. The van der Waals surface area contributed by atoms with E-state index in [0.29, 0.717) is 17.0 Å². The fraction of sp³-hybridized carbons (Fsp3) is 0.300. The summed E-state index contributed by atoms with van der Waals surface area (Å²) in [6.45, 7) is 0. The highest BCUT2D eigenvalue weighted by molar-refractivity contribution is 9.10. The summed E-state index contributed by atoms with van der Waals surface area (Å²) in [6, 6.07) is 4.04. The Labute approximate surface area is 101 Å². The molecule has 0 aliphatic rings. The number of carbonyl (C=O) groups excluding carboxylic acids is 1. The van der Waals surface area contributed by atoms with Crippen LogP contribution in [0.5, 0.6) is 0 Å². The van der Waals surface area contributed by atoms with Crippen LogP contribution in [0.2, 0.25) is 5.02 Å². The summed E-state index contributed by atoms with van der Waals surface area (Å²) < 4.78 is 17.4. The van der Waals surface area contributed by atoms with Crippen molar-refractivity contribution in [3.63, 3.8) is 0 Å². The van der Waals surface area contributed by atoms with Crippen LogP contribution in [0.4, 0.5) is 4.39 Å². The number of carbonyl (C=O) groups is 1. The van der Waals surface area contributed by atoms with Gasteiger partial charge in [-0.1, -0.05) is 27.5 Å². The molecular formula is C10H9BrClFO2. The Balaban J connectivity index is 2.80. The van der Waals surface area contributed by atoms with Crippen LogP contribution >= 0.6 is 27.5 Å². The second-order valence-electron chi connectivity index (χ2n) is 2.93. The van der Waals surface area contributed by atoms with Gasteiger partial charge in [-0.05, 0) is 30.2 Å². The van der Waals surface area contributed by atoms with Crippen LogP contribution in [0.25, 0.3) is 0 Å². The Kier molecular flexibility index (Phi) is 4.54. The first-order chi connectivity index (χ1) is 7.04. The lowest BCUT2D eigenvalue weighted by Crippen LogP contribution is -2.18. The summed E-state index contributed by atoms with van der Waals surface area (Å²) in [5, 5.41) is 0.435. The van der Waals surface area contributed by atoms with E-state index in [4.69, 9.17) is 11.6 Å². The average molecular weight is 296 g/mol. The largest absolute Gasteiger partial charge is 0.468 e. The Morgan fingerprint density at radius 2 is 2.33 bits per heavy atom. The molecule has 1 aromatic rings. The van der Waals surface area contributed by atoms with E-state index in [1.807, 2.05) is 0 Å². The molecule has 1 atom stereocenters. The fourth-order valence-electron chi connectivity index (χ4n) is 1.10. The fourth-order valence-corrected chi connectivity index (χ4v) is 1.83. The quantitative estimate of drug-likeness (QED) is 0.633. The van der Waals surface area contributed by atoms with E-state index < -0.39 is 10.8 Å². The van der Waals surface area contributed by atoms with Gasteiger partial charge in [0, 0.05) is 5.02 Å². The van der Waals surface area contributed by atoms with Gasteiger partial charge in [-0.3, -0.25) is 4.79 Å². The Bertz CT molecular complexity index is 370. The van der Waals surface area contributed by atoms with Gasteiger partial charge in [0.05, 0.1) is 7.11 Å². The van der Waals surface area contributed by atoms with Crippen LogP contribution in [0, 0.1) is 5.82 Å². The normalized spacial score (nSPS) is 12.3. The van der Waals surface area contributed by atoms with Gasteiger partial charge in [0.25, 0.3) is 0 Å². The van der Waals surface area contributed by atoms with Crippen LogP contribution in [0.1, 0.15) is 5.56 Å². The van der Waals surface area contributed by atoms with E-state index in [0.717, 1.165) is 0 Å². The topological polar surface area (TPSA) is 26.3 Å². The lowest BCUT2D eigenvalue weighted by atomic mass is 10.1. The van der Waals surface area contributed by atoms with Crippen molar-refractivity contribution in [3.05, 3.63) is 34.6 Å². The number of rotatable bonds is 3. The van der Waals surface area contributed by atoms with Gasteiger partial charge in [0.15, 0.2) is 0 Å². The monoisotopic (exact) mass is 294 g/mol. The van der Waals surface area contributed by atoms with Gasteiger partial charge in [-0.2, -0.15) is 0 Å². The molecule has 15 heavy (non-hydrogen) atoms. The molecule has 5 heteroatoms. The molecule has 1 aromatic carbocycles. The summed E-state index contributed by atoms with van der Waals surface area (Å²) in [4.78, 5) is 10.6. The van der Waals surface area contributed by atoms with Crippen LogP contribution in [0.15, 0.2) is 18.2 Å². The highest BCUT2D eigenvalue weighted by Gasteiger charge is 2.17. The van der Waals surface area contributed by atoms with Crippen LogP contribution < -0.4 is 0 Å². The smallest absolute Gasteiger partial charge is 0.319 e. The molecule has 0 bridgehead atoms. The molecule has 1 unspecified atom stereocenters. The zero-order chi connectivity index (χ0) is 11.4. The Hall–Kier alpha value is -0.610. The van der Waals surface area contributed by atoms with Crippen molar-refractivity contribution in [2.24, 2.45) is 0 Å². The van der Waals surface area contributed by atoms with Gasteiger partial charge in [-0.25, -0.2) is 4.39 Å². The minimum atomic E-state index is -0.512. The molecule has 0 spiro atoms. The van der Waals surface area contributed by atoms with Crippen molar-refractivity contribution < 1.29 is 13.9 Å². The average Bonchev–Trinajstić information content (AvgIpc) is 2.22. The minimum Gasteiger partial charge on any atom is -0.468 e. The van der Waals surface area contributed by atoms with Crippen molar-refractivity contribution in [2.75, 3.05) is 7.11 Å². The first-order valence-electron chi connectivity index (χ1n) is 4.20. The lowest BCUT2D eigenvalue weighted by molar-refractivity contribution is -0.139. The van der Waals surface area contributed by atoms with E-state index in [2.05, 4.69) is 20.7 Å². The summed E-state index contributed by atoms with van der Waals surface area (Å²) in [6.07, 6.45) is 0.295. The minimum absolute atomic E-state index is 0.295. The van der Waals surface area contributed by atoms with Crippen molar-refractivity contribution in [3.8, 4) is 0 Å². The first kappa shape index (κ1) is 12.5. The zero-order valence-electron chi connectivity index (χ0n) is 7.97. The second kappa shape index (κ2) is 5.47. The standard InChI is InChI=1S/C10H9BrClFO2/c1-15-10(14)8(11)5-6-4-7(13)2-3-9(6)12/h2-4,8H,5H2,1H3. The molecule has 1 rings (SSSR count). The summed E-state index contributed by atoms with van der Waals surface area (Å²) in [5.74, 6) is -0.783. The first-order valence-corrected chi connectivity index (χ1v) is 5.49. The molecular weight excluding hydrogens is 286 g/mol. The number of esters is 1. The van der Waals surface area contributed by atoms with Gasteiger partial charge in [-0.15, -0.1) is 0 Å². The molecule has 0 aliphatic heterocycles. The van der Waals surface area contributed by atoms with Crippen LogP contribution in [0.3, 0.4) is 0 Å². The van der Waals surface area contributed by atoms with E-state index in [1.54, 1.807) is 0 Å². The maximum Gasteiger partial charge on any atom is 0.319 e. The SMILES string of the molecule is COC(=O)C(Br)Cc1cc(F)ccc1Cl. The third-order valence-electron chi connectivity index (χ3n) is 1.86. The number of ether oxygens (including phenoxy) is 1. The molecule has 0 N–H and O–H groups in total. The van der Waals surface area contributed by atoms with Gasteiger partial charge in [0.1, 0.15) is 10.6 Å². The predicted octanol–water partition coefficient (Wildman–Crippen LogP) is 2.96. The number of hydrogen-bond donors (Lipinski definition) is 0. The molecule has 82 valence electrons. The van der Waals surface area contributed by atoms with Gasteiger partial charge in [0.2, 0.25) is 0 Å². The van der Waals surface area contributed by atoms with E-state index in [-0.39, 0.29) is 5.82 Å². The molecule has 0 aliphatic carbocycles. The Morgan fingerprint density at radius 1 is 1.67 bits per heavy atom. The lowest BCUT2D eigenvalue weighted by Gasteiger charge is -2.08. The van der Waals surface area contributed by atoms with E-state index >= 15 is 0 Å². The van der Waals surface area contributed by atoms with Gasteiger partial charge < -0.3 is 4.74 Å². The number of methoxy groups -OCH3 is 1. The molecule has 0 aromatic heterocycles. The summed E-state index contributed by atoms with van der Waals surface area (Å²) >= 11 is 8.99. The number of alkyl halides is 1. The molecule has 0 saturated heterocycles. The van der Waals surface area contributed by atoms with Crippen LogP contribution in [-0.4, -0.2) is 17.9 Å². The molecule has 0 amide bonds. The number of hydrogen-bond acceptors (Lipinski definition) is 2. The highest BCUT2D eigenvalue weighted by Crippen LogP contribution is 2.21. The molecule has 0 radical (unpaired) electrons. The van der Waals surface area contributed by atoms with E-state index in [9.17, 15) is 9.18 Å². The molecule has 0 heterocycles. The summed E-state index contributed by atoms with van der Waals surface area (Å²) in [5.41, 5.74) is 0.573. The van der Waals surface area contributed by atoms with Crippen molar-refractivity contribution in [2.45, 2.75) is 11.2 Å². The Morgan fingerprint density at radius 3 is 2.93 bits per heavy atom. The highest BCUT2D eigenvalue weighted by atomic mass is 79.9. The maximum absolute atomic E-state index is 12.9. The second-order valence-corrected chi connectivity index (χ2v) is 4.44.